The fraction of sp³-hybridized carbons (Fsp3) is 0.200. The van der Waals surface area contributed by atoms with Gasteiger partial charge in [-0.15, -0.1) is 6.58 Å². The van der Waals surface area contributed by atoms with Crippen molar-refractivity contribution in [3.63, 3.8) is 0 Å². The fourth-order valence-electron chi connectivity index (χ4n) is 1.12. The number of halogens is 3. The van der Waals surface area contributed by atoms with Gasteiger partial charge in [-0.2, -0.15) is 13.2 Å². The zero-order valence-corrected chi connectivity index (χ0v) is 8.71. The number of carbonyl (C=O) groups is 1. The van der Waals surface area contributed by atoms with Crippen molar-refractivity contribution < 1.29 is 18.0 Å². The maximum Gasteiger partial charge on any atom is 0.433 e. The van der Waals surface area contributed by atoms with Gasteiger partial charge >= 0.3 is 6.18 Å². The summed E-state index contributed by atoms with van der Waals surface area (Å²) in [6, 6.07) is 1.70. The average Bonchev–Trinajstić information content (AvgIpc) is 2.24. The van der Waals surface area contributed by atoms with Gasteiger partial charge in [0.05, 0.1) is 5.56 Å². The molecule has 0 aliphatic heterocycles. The number of hydrogen-bond acceptors (Lipinski definition) is 3. The highest BCUT2D eigenvalue weighted by Crippen LogP contribution is 2.29. The third kappa shape index (κ3) is 3.20. The summed E-state index contributed by atoms with van der Waals surface area (Å²) < 4.78 is 37.2. The molecule has 0 saturated carbocycles. The van der Waals surface area contributed by atoms with E-state index in [2.05, 4.69) is 16.9 Å². The van der Waals surface area contributed by atoms with Crippen LogP contribution in [0.15, 0.2) is 24.8 Å². The van der Waals surface area contributed by atoms with Crippen molar-refractivity contribution in [2.45, 2.75) is 6.18 Å². The van der Waals surface area contributed by atoms with E-state index in [1.807, 2.05) is 0 Å². The summed E-state index contributed by atoms with van der Waals surface area (Å²) >= 11 is 0. The van der Waals surface area contributed by atoms with Crippen LogP contribution in [0, 0.1) is 0 Å². The molecule has 1 rings (SSSR count). The number of anilines is 1. The van der Waals surface area contributed by atoms with E-state index in [4.69, 9.17) is 5.73 Å². The Morgan fingerprint density at radius 1 is 1.53 bits per heavy atom. The smallest absolute Gasteiger partial charge is 0.366 e. The lowest BCUT2D eigenvalue weighted by Gasteiger charge is -2.11. The summed E-state index contributed by atoms with van der Waals surface area (Å²) in [5, 5.41) is 2.53. The molecule has 0 unspecified atom stereocenters. The lowest BCUT2D eigenvalue weighted by atomic mass is 10.2. The number of carbonyl (C=O) groups excluding carboxylic acids is 1. The summed E-state index contributed by atoms with van der Waals surface area (Å²) in [7, 11) is 0. The highest BCUT2D eigenvalue weighted by molar-refractivity contribution is 5.97. The quantitative estimate of drug-likeness (QED) is 0.795. The lowest BCUT2D eigenvalue weighted by molar-refractivity contribution is -0.141. The second-order valence-electron chi connectivity index (χ2n) is 3.12. The molecular weight excluding hydrogens is 235 g/mol. The Labute approximate surface area is 95.3 Å². The zero-order valence-electron chi connectivity index (χ0n) is 8.71. The van der Waals surface area contributed by atoms with E-state index in [-0.39, 0.29) is 17.9 Å². The van der Waals surface area contributed by atoms with Crippen LogP contribution < -0.4 is 11.1 Å². The minimum absolute atomic E-state index is 0.0974. The molecule has 1 amide bonds. The van der Waals surface area contributed by atoms with Crippen molar-refractivity contribution in [1.29, 1.82) is 0 Å². The van der Waals surface area contributed by atoms with Crippen LogP contribution in [-0.2, 0) is 6.18 Å². The van der Waals surface area contributed by atoms with Crippen molar-refractivity contribution in [3.05, 3.63) is 36.0 Å². The molecule has 92 valence electrons. The van der Waals surface area contributed by atoms with E-state index >= 15 is 0 Å². The number of primary amides is 1. The predicted octanol–water partition coefficient (Wildman–Crippen LogP) is 1.80. The van der Waals surface area contributed by atoms with Gasteiger partial charge in [-0.1, -0.05) is 6.08 Å². The minimum Gasteiger partial charge on any atom is -0.366 e. The van der Waals surface area contributed by atoms with Gasteiger partial charge in [0, 0.05) is 6.54 Å². The zero-order chi connectivity index (χ0) is 13.1. The van der Waals surface area contributed by atoms with Gasteiger partial charge in [0.25, 0.3) is 5.91 Å². The van der Waals surface area contributed by atoms with Crippen LogP contribution in [0.5, 0.6) is 0 Å². The number of pyridine rings is 1. The molecule has 3 N–H and O–H groups in total. The first-order valence-electron chi connectivity index (χ1n) is 4.59. The SMILES string of the molecule is C=CCNc1nc(C(F)(F)F)ccc1C(N)=O. The van der Waals surface area contributed by atoms with Gasteiger partial charge in [-0.25, -0.2) is 4.98 Å². The van der Waals surface area contributed by atoms with E-state index in [1.54, 1.807) is 0 Å². The normalized spacial score (nSPS) is 11.0. The Hall–Kier alpha value is -2.05. The summed E-state index contributed by atoms with van der Waals surface area (Å²) in [6.07, 6.45) is -3.15. The standard InChI is InChI=1S/C10H10F3N3O/c1-2-5-15-9-6(8(14)17)3-4-7(16-9)10(11,12)13/h2-4H,1,5H2,(H2,14,17)(H,15,16). The number of nitrogens with two attached hydrogens (primary N) is 1. The maximum absolute atomic E-state index is 12.4. The number of alkyl halides is 3. The summed E-state index contributed by atoms with van der Waals surface area (Å²) in [5.41, 5.74) is 3.83. The molecule has 0 aliphatic carbocycles. The van der Waals surface area contributed by atoms with E-state index in [9.17, 15) is 18.0 Å². The fourth-order valence-corrected chi connectivity index (χ4v) is 1.12. The summed E-state index contributed by atoms with van der Waals surface area (Å²) in [6.45, 7) is 3.57. The Balaban J connectivity index is 3.19. The average molecular weight is 245 g/mol. The van der Waals surface area contributed by atoms with Gasteiger partial charge in [0.1, 0.15) is 11.5 Å². The number of aromatic nitrogens is 1. The third-order valence-corrected chi connectivity index (χ3v) is 1.86. The second kappa shape index (κ2) is 4.86. The highest BCUT2D eigenvalue weighted by Gasteiger charge is 2.33. The summed E-state index contributed by atoms with van der Waals surface area (Å²) in [5.74, 6) is -1.05. The first-order valence-corrected chi connectivity index (χ1v) is 4.59. The first-order chi connectivity index (χ1) is 7.86. The van der Waals surface area contributed by atoms with E-state index in [0.717, 1.165) is 6.07 Å². The van der Waals surface area contributed by atoms with E-state index in [1.165, 1.54) is 6.08 Å². The van der Waals surface area contributed by atoms with Crippen LogP contribution in [0.4, 0.5) is 19.0 Å². The molecule has 17 heavy (non-hydrogen) atoms. The summed E-state index contributed by atoms with van der Waals surface area (Å²) in [4.78, 5) is 14.3. The Kier molecular flexibility index (Phi) is 3.72. The second-order valence-corrected chi connectivity index (χ2v) is 3.12. The molecule has 7 heteroatoms. The number of nitrogens with one attached hydrogen (secondary N) is 1. The molecule has 0 fully saturated rings. The molecule has 0 radical (unpaired) electrons. The van der Waals surface area contributed by atoms with Crippen LogP contribution in [0.3, 0.4) is 0 Å². The minimum atomic E-state index is -4.57. The molecule has 0 saturated heterocycles. The van der Waals surface area contributed by atoms with Gasteiger partial charge in [0.15, 0.2) is 0 Å². The van der Waals surface area contributed by atoms with Gasteiger partial charge in [0.2, 0.25) is 0 Å². The molecule has 0 aromatic carbocycles. The number of amides is 1. The molecule has 4 nitrogen and oxygen atoms in total. The van der Waals surface area contributed by atoms with Crippen LogP contribution in [-0.4, -0.2) is 17.4 Å². The van der Waals surface area contributed by atoms with Crippen LogP contribution >= 0.6 is 0 Å². The number of hydrogen-bond donors (Lipinski definition) is 2. The van der Waals surface area contributed by atoms with Crippen LogP contribution in [0.25, 0.3) is 0 Å². The third-order valence-electron chi connectivity index (χ3n) is 1.86. The Morgan fingerprint density at radius 3 is 2.65 bits per heavy atom. The maximum atomic E-state index is 12.4. The van der Waals surface area contributed by atoms with Gasteiger partial charge in [-0.05, 0) is 12.1 Å². The number of nitrogens with zero attached hydrogens (tertiary/aromatic N) is 1. The van der Waals surface area contributed by atoms with Crippen molar-refractivity contribution >= 4 is 11.7 Å². The Bertz CT molecular complexity index is 443. The van der Waals surface area contributed by atoms with Gasteiger partial charge < -0.3 is 11.1 Å². The van der Waals surface area contributed by atoms with Crippen molar-refractivity contribution in [2.75, 3.05) is 11.9 Å². The first kappa shape index (κ1) is 13.0. The molecule has 0 spiro atoms. The van der Waals surface area contributed by atoms with E-state index < -0.39 is 17.8 Å². The van der Waals surface area contributed by atoms with Crippen molar-refractivity contribution in [1.82, 2.24) is 4.98 Å². The molecule has 1 aromatic heterocycles. The topological polar surface area (TPSA) is 68.0 Å². The highest BCUT2D eigenvalue weighted by atomic mass is 19.4. The Morgan fingerprint density at radius 2 is 2.18 bits per heavy atom. The predicted molar refractivity (Wildman–Crippen MR) is 56.4 cm³/mol. The van der Waals surface area contributed by atoms with Crippen molar-refractivity contribution in [2.24, 2.45) is 5.73 Å². The van der Waals surface area contributed by atoms with Crippen LogP contribution in [0.1, 0.15) is 16.1 Å². The van der Waals surface area contributed by atoms with E-state index in [0.29, 0.717) is 6.07 Å². The van der Waals surface area contributed by atoms with Crippen LogP contribution in [0.2, 0.25) is 0 Å². The van der Waals surface area contributed by atoms with Gasteiger partial charge in [-0.3, -0.25) is 4.79 Å². The lowest BCUT2D eigenvalue weighted by Crippen LogP contribution is -2.18. The molecule has 0 bridgehead atoms. The monoisotopic (exact) mass is 245 g/mol. The van der Waals surface area contributed by atoms with Crippen molar-refractivity contribution in [3.8, 4) is 0 Å². The molecule has 0 aliphatic rings. The molecule has 1 aromatic rings. The number of rotatable bonds is 4. The molecular formula is C10H10F3N3O. The largest absolute Gasteiger partial charge is 0.433 e. The molecule has 0 atom stereocenters. The molecule has 1 heterocycles.